The summed E-state index contributed by atoms with van der Waals surface area (Å²) in [6.07, 6.45) is 1.63. The Balaban J connectivity index is 2.08. The highest BCUT2D eigenvalue weighted by atomic mass is 32.2. The van der Waals surface area contributed by atoms with Crippen LogP contribution in [0.4, 0.5) is 0 Å². The standard InChI is InChI=1S/C19H28N4OS/c1-6-19(4,5)20-17(24)14(3)25-18-22-21-16(23(18)7-2)13-15-11-9-8-10-12-15/h8-12,14H,6-7,13H2,1-5H3,(H,20,24). The molecule has 0 saturated heterocycles. The van der Waals surface area contributed by atoms with Gasteiger partial charge in [0.1, 0.15) is 5.82 Å². The largest absolute Gasteiger partial charge is 0.350 e. The maximum absolute atomic E-state index is 12.4. The van der Waals surface area contributed by atoms with Crippen molar-refractivity contribution in [3.05, 3.63) is 41.7 Å². The predicted molar refractivity (Wildman–Crippen MR) is 103 cm³/mol. The Labute approximate surface area is 154 Å². The monoisotopic (exact) mass is 360 g/mol. The summed E-state index contributed by atoms with van der Waals surface area (Å²) in [5, 5.41) is 12.3. The highest BCUT2D eigenvalue weighted by molar-refractivity contribution is 8.00. The van der Waals surface area contributed by atoms with E-state index in [4.69, 9.17) is 0 Å². The molecule has 0 aliphatic rings. The maximum Gasteiger partial charge on any atom is 0.233 e. The van der Waals surface area contributed by atoms with Gasteiger partial charge in [0.25, 0.3) is 0 Å². The molecular weight excluding hydrogens is 332 g/mol. The fourth-order valence-corrected chi connectivity index (χ4v) is 3.30. The van der Waals surface area contributed by atoms with Crippen LogP contribution in [0.2, 0.25) is 0 Å². The molecule has 1 aromatic carbocycles. The van der Waals surface area contributed by atoms with Crippen molar-refractivity contribution in [3.8, 4) is 0 Å². The summed E-state index contributed by atoms with van der Waals surface area (Å²) < 4.78 is 2.09. The number of carbonyl (C=O) groups is 1. The lowest BCUT2D eigenvalue weighted by atomic mass is 10.0. The van der Waals surface area contributed by atoms with Gasteiger partial charge in [0.05, 0.1) is 5.25 Å². The number of nitrogens with zero attached hydrogens (tertiary/aromatic N) is 3. The molecule has 0 saturated carbocycles. The fraction of sp³-hybridized carbons (Fsp3) is 0.526. The lowest BCUT2D eigenvalue weighted by Crippen LogP contribution is -2.46. The first kappa shape index (κ1) is 19.5. The summed E-state index contributed by atoms with van der Waals surface area (Å²) in [6, 6.07) is 10.2. The van der Waals surface area contributed by atoms with E-state index in [1.807, 2.05) is 39.0 Å². The van der Waals surface area contributed by atoms with E-state index in [-0.39, 0.29) is 16.7 Å². The molecule has 5 nitrogen and oxygen atoms in total. The van der Waals surface area contributed by atoms with E-state index in [1.54, 1.807) is 0 Å². The van der Waals surface area contributed by atoms with Gasteiger partial charge >= 0.3 is 0 Å². The number of benzene rings is 1. The molecule has 25 heavy (non-hydrogen) atoms. The Morgan fingerprint density at radius 1 is 1.24 bits per heavy atom. The van der Waals surface area contributed by atoms with Crippen molar-refractivity contribution in [2.45, 2.75) is 70.0 Å². The fourth-order valence-electron chi connectivity index (χ4n) is 2.37. The zero-order valence-electron chi connectivity index (χ0n) is 15.7. The van der Waals surface area contributed by atoms with Crippen molar-refractivity contribution in [1.82, 2.24) is 20.1 Å². The second kappa shape index (κ2) is 8.52. The maximum atomic E-state index is 12.4. The number of amides is 1. The number of nitrogens with one attached hydrogen (secondary N) is 1. The lowest BCUT2D eigenvalue weighted by molar-refractivity contribution is -0.121. The molecule has 0 aliphatic heterocycles. The van der Waals surface area contributed by atoms with Gasteiger partial charge in [-0.2, -0.15) is 0 Å². The predicted octanol–water partition coefficient (Wildman–Crippen LogP) is 3.67. The number of aromatic nitrogens is 3. The van der Waals surface area contributed by atoms with Crippen LogP contribution in [0.1, 0.15) is 52.4 Å². The van der Waals surface area contributed by atoms with Crippen LogP contribution in [-0.4, -0.2) is 31.5 Å². The highest BCUT2D eigenvalue weighted by Gasteiger charge is 2.24. The molecule has 6 heteroatoms. The average Bonchev–Trinajstić information content (AvgIpc) is 2.96. The topological polar surface area (TPSA) is 59.8 Å². The van der Waals surface area contributed by atoms with E-state index >= 15 is 0 Å². The number of hydrogen-bond donors (Lipinski definition) is 1. The molecule has 1 N–H and O–H groups in total. The van der Waals surface area contributed by atoms with Gasteiger partial charge in [-0.1, -0.05) is 49.0 Å². The third-order valence-corrected chi connectivity index (χ3v) is 5.39. The minimum atomic E-state index is -0.218. The zero-order chi connectivity index (χ0) is 18.4. The van der Waals surface area contributed by atoms with E-state index in [0.29, 0.717) is 0 Å². The van der Waals surface area contributed by atoms with E-state index < -0.39 is 0 Å². The van der Waals surface area contributed by atoms with Crippen LogP contribution < -0.4 is 5.32 Å². The Morgan fingerprint density at radius 2 is 1.92 bits per heavy atom. The van der Waals surface area contributed by atoms with Gasteiger partial charge in [0.2, 0.25) is 5.91 Å². The molecule has 1 atom stereocenters. The molecule has 2 aromatic rings. The van der Waals surface area contributed by atoms with Crippen LogP contribution in [0.5, 0.6) is 0 Å². The summed E-state index contributed by atoms with van der Waals surface area (Å²) in [6.45, 7) is 10.9. The molecule has 2 rings (SSSR count). The van der Waals surface area contributed by atoms with Gasteiger partial charge in [0.15, 0.2) is 5.16 Å². The number of rotatable bonds is 8. The molecule has 1 aromatic heterocycles. The lowest BCUT2D eigenvalue weighted by Gasteiger charge is -2.26. The van der Waals surface area contributed by atoms with Crippen molar-refractivity contribution >= 4 is 17.7 Å². The second-order valence-electron chi connectivity index (χ2n) is 6.79. The van der Waals surface area contributed by atoms with E-state index in [2.05, 4.69) is 46.1 Å². The molecule has 0 radical (unpaired) electrons. The van der Waals surface area contributed by atoms with Crippen LogP contribution >= 0.6 is 11.8 Å². The quantitative estimate of drug-likeness (QED) is 0.730. The Hall–Kier alpha value is -1.82. The molecule has 0 bridgehead atoms. The molecule has 1 heterocycles. The van der Waals surface area contributed by atoms with Gasteiger partial charge in [0, 0.05) is 18.5 Å². The molecule has 136 valence electrons. The molecular formula is C19H28N4OS. The molecule has 1 amide bonds. The Morgan fingerprint density at radius 3 is 2.52 bits per heavy atom. The van der Waals surface area contributed by atoms with Crippen molar-refractivity contribution in [2.24, 2.45) is 0 Å². The summed E-state index contributed by atoms with van der Waals surface area (Å²) >= 11 is 1.46. The summed E-state index contributed by atoms with van der Waals surface area (Å²) in [7, 11) is 0. The van der Waals surface area contributed by atoms with Gasteiger partial charge in [-0.05, 0) is 39.7 Å². The van der Waals surface area contributed by atoms with Crippen LogP contribution in [0.25, 0.3) is 0 Å². The van der Waals surface area contributed by atoms with Crippen molar-refractivity contribution < 1.29 is 4.79 Å². The summed E-state index contributed by atoms with van der Waals surface area (Å²) in [5.74, 6) is 0.963. The van der Waals surface area contributed by atoms with Crippen molar-refractivity contribution in [2.75, 3.05) is 0 Å². The van der Waals surface area contributed by atoms with Crippen molar-refractivity contribution in [1.29, 1.82) is 0 Å². The first-order valence-electron chi connectivity index (χ1n) is 8.81. The molecule has 0 fully saturated rings. The highest BCUT2D eigenvalue weighted by Crippen LogP contribution is 2.24. The minimum absolute atomic E-state index is 0.0344. The van der Waals surface area contributed by atoms with Gasteiger partial charge < -0.3 is 9.88 Å². The number of thioether (sulfide) groups is 1. The Bertz CT molecular complexity index is 697. The van der Waals surface area contributed by atoms with Crippen LogP contribution in [0.15, 0.2) is 35.5 Å². The molecule has 0 spiro atoms. The van der Waals surface area contributed by atoms with E-state index in [9.17, 15) is 4.79 Å². The normalized spacial score (nSPS) is 12.8. The van der Waals surface area contributed by atoms with E-state index in [0.717, 1.165) is 30.4 Å². The van der Waals surface area contributed by atoms with Gasteiger partial charge in [-0.25, -0.2) is 0 Å². The van der Waals surface area contributed by atoms with Gasteiger partial charge in [-0.15, -0.1) is 10.2 Å². The van der Waals surface area contributed by atoms with Crippen LogP contribution in [0, 0.1) is 0 Å². The SMILES string of the molecule is CCn1c(Cc2ccccc2)nnc1SC(C)C(=O)NC(C)(C)CC. The van der Waals surface area contributed by atoms with Crippen LogP contribution in [0.3, 0.4) is 0 Å². The Kier molecular flexibility index (Phi) is 6.64. The number of hydrogen-bond acceptors (Lipinski definition) is 4. The van der Waals surface area contributed by atoms with Gasteiger partial charge in [-0.3, -0.25) is 4.79 Å². The zero-order valence-corrected chi connectivity index (χ0v) is 16.6. The third-order valence-electron chi connectivity index (χ3n) is 4.31. The van der Waals surface area contributed by atoms with E-state index in [1.165, 1.54) is 17.3 Å². The summed E-state index contributed by atoms with van der Waals surface area (Å²) in [4.78, 5) is 12.4. The average molecular weight is 361 g/mol. The molecule has 1 unspecified atom stereocenters. The summed E-state index contributed by atoms with van der Waals surface area (Å²) in [5.41, 5.74) is 1.01. The second-order valence-corrected chi connectivity index (χ2v) is 8.10. The first-order chi connectivity index (χ1) is 11.9. The van der Waals surface area contributed by atoms with Crippen LogP contribution in [-0.2, 0) is 17.8 Å². The third kappa shape index (κ3) is 5.33. The van der Waals surface area contributed by atoms with Crippen molar-refractivity contribution in [3.63, 3.8) is 0 Å². The number of carbonyl (C=O) groups excluding carboxylic acids is 1. The smallest absolute Gasteiger partial charge is 0.233 e. The first-order valence-corrected chi connectivity index (χ1v) is 9.69. The molecule has 0 aliphatic carbocycles. The minimum Gasteiger partial charge on any atom is -0.350 e.